The summed E-state index contributed by atoms with van der Waals surface area (Å²) in [7, 11) is 1.92. The van der Waals surface area contributed by atoms with Gasteiger partial charge in [0, 0.05) is 18.8 Å². The van der Waals surface area contributed by atoms with Crippen LogP contribution in [0.2, 0.25) is 0 Å². The van der Waals surface area contributed by atoms with E-state index in [1.165, 1.54) is 36.0 Å². The second kappa shape index (κ2) is 10.3. The van der Waals surface area contributed by atoms with Crippen molar-refractivity contribution in [3.05, 3.63) is 124 Å². The van der Waals surface area contributed by atoms with Crippen molar-refractivity contribution in [2.75, 3.05) is 7.05 Å². The highest BCUT2D eigenvalue weighted by atomic mass is 19.1. The first-order valence-electron chi connectivity index (χ1n) is 11.1. The predicted molar refractivity (Wildman–Crippen MR) is 133 cm³/mol. The molecule has 0 saturated heterocycles. The van der Waals surface area contributed by atoms with Crippen molar-refractivity contribution in [2.24, 2.45) is 0 Å². The number of pyridine rings is 1. The van der Waals surface area contributed by atoms with Gasteiger partial charge in [0.25, 0.3) is 11.5 Å². The molecule has 0 aliphatic heterocycles. The molecule has 1 atom stereocenters. The van der Waals surface area contributed by atoms with Crippen LogP contribution >= 0.6 is 0 Å². The number of carbonyl (C=O) groups excluding carboxylic acids is 1. The third-order valence-corrected chi connectivity index (χ3v) is 5.74. The van der Waals surface area contributed by atoms with E-state index in [-0.39, 0.29) is 23.2 Å². The number of carbonyl (C=O) groups is 1. The van der Waals surface area contributed by atoms with E-state index in [1.54, 1.807) is 12.1 Å². The topological polar surface area (TPSA) is 63.1 Å². The zero-order valence-electron chi connectivity index (χ0n) is 19.1. The molecule has 34 heavy (non-hydrogen) atoms. The van der Waals surface area contributed by atoms with Gasteiger partial charge in [0.05, 0.1) is 17.3 Å². The summed E-state index contributed by atoms with van der Waals surface area (Å²) in [4.78, 5) is 25.2. The Labute approximate surface area is 197 Å². The highest BCUT2D eigenvalue weighted by Crippen LogP contribution is 2.25. The Hall–Kier alpha value is -4.03. The smallest absolute Gasteiger partial charge is 0.255 e. The van der Waals surface area contributed by atoms with Gasteiger partial charge in [-0.3, -0.25) is 14.2 Å². The fourth-order valence-electron chi connectivity index (χ4n) is 3.92. The zero-order chi connectivity index (χ0) is 24.1. The monoisotopic (exact) mass is 455 g/mol. The molecule has 2 N–H and O–H groups in total. The van der Waals surface area contributed by atoms with Crippen LogP contribution in [-0.4, -0.2) is 17.5 Å². The number of nitrogens with zero attached hydrogens (tertiary/aromatic N) is 1. The lowest BCUT2D eigenvalue weighted by molar-refractivity contribution is 0.0939. The number of nitrogens with one attached hydrogen (secondary N) is 2. The van der Waals surface area contributed by atoms with Gasteiger partial charge in [0.1, 0.15) is 5.82 Å². The molecule has 0 unspecified atom stereocenters. The fourth-order valence-corrected chi connectivity index (χ4v) is 3.92. The van der Waals surface area contributed by atoms with Crippen molar-refractivity contribution in [1.82, 2.24) is 15.2 Å². The van der Waals surface area contributed by atoms with Crippen molar-refractivity contribution in [2.45, 2.75) is 19.5 Å². The number of hydrogen-bond donors (Lipinski definition) is 2. The van der Waals surface area contributed by atoms with E-state index >= 15 is 0 Å². The van der Waals surface area contributed by atoms with E-state index < -0.39 is 11.4 Å². The maximum atomic E-state index is 14.2. The largest absolute Gasteiger partial charge is 0.345 e. The Morgan fingerprint density at radius 3 is 2.38 bits per heavy atom. The van der Waals surface area contributed by atoms with E-state index in [4.69, 9.17) is 0 Å². The molecule has 5 nitrogen and oxygen atoms in total. The molecule has 172 valence electrons. The second-order valence-electron chi connectivity index (χ2n) is 8.08. The van der Waals surface area contributed by atoms with Gasteiger partial charge in [-0.05, 0) is 54.4 Å². The van der Waals surface area contributed by atoms with Crippen molar-refractivity contribution in [3.63, 3.8) is 0 Å². The lowest BCUT2D eigenvalue weighted by atomic mass is 9.97. The van der Waals surface area contributed by atoms with Crippen molar-refractivity contribution < 1.29 is 9.18 Å². The molecule has 6 heteroatoms. The second-order valence-corrected chi connectivity index (χ2v) is 8.08. The lowest BCUT2D eigenvalue weighted by Crippen LogP contribution is -2.28. The molecule has 4 rings (SSSR count). The quantitative estimate of drug-likeness (QED) is 0.419. The molecule has 0 aliphatic rings. The average Bonchev–Trinajstić information content (AvgIpc) is 2.85. The number of amides is 1. The molecule has 0 bridgehead atoms. The molecule has 0 aliphatic carbocycles. The van der Waals surface area contributed by atoms with Crippen LogP contribution in [0.5, 0.6) is 0 Å². The molecule has 3 aromatic carbocycles. The average molecular weight is 456 g/mol. The maximum Gasteiger partial charge on any atom is 0.255 e. The number of halogens is 1. The van der Waals surface area contributed by atoms with Crippen LogP contribution in [0.15, 0.2) is 95.9 Å². The number of benzene rings is 3. The summed E-state index contributed by atoms with van der Waals surface area (Å²) >= 11 is 0. The summed E-state index contributed by atoms with van der Waals surface area (Å²) in [5.41, 5.74) is 4.38. The number of hydrogen-bond acceptors (Lipinski definition) is 3. The molecule has 4 aromatic rings. The van der Waals surface area contributed by atoms with Crippen LogP contribution in [0.1, 0.15) is 34.5 Å². The van der Waals surface area contributed by atoms with Crippen molar-refractivity contribution in [1.29, 1.82) is 0 Å². The summed E-state index contributed by atoms with van der Waals surface area (Å²) in [6, 6.07) is 24.7. The minimum absolute atomic E-state index is 0.101. The molecule has 0 radical (unpaired) electrons. The van der Waals surface area contributed by atoms with Gasteiger partial charge < -0.3 is 10.6 Å². The highest BCUT2D eigenvalue weighted by molar-refractivity contribution is 5.94. The third-order valence-electron chi connectivity index (χ3n) is 5.74. The minimum Gasteiger partial charge on any atom is -0.345 e. The molecular weight excluding hydrogens is 429 g/mol. The fraction of sp³-hybridized carbons (Fsp3) is 0.143. The Morgan fingerprint density at radius 2 is 1.65 bits per heavy atom. The van der Waals surface area contributed by atoms with Gasteiger partial charge in [0.15, 0.2) is 0 Å². The summed E-state index contributed by atoms with van der Waals surface area (Å²) in [6.07, 6.45) is 1.37. The molecule has 1 amide bonds. The lowest BCUT2D eigenvalue weighted by Gasteiger charge is -2.16. The Bertz CT molecular complexity index is 1360. The molecule has 1 aromatic heterocycles. The van der Waals surface area contributed by atoms with E-state index in [9.17, 15) is 14.0 Å². The summed E-state index contributed by atoms with van der Waals surface area (Å²) < 4.78 is 15.3. The van der Waals surface area contributed by atoms with Crippen LogP contribution < -0.4 is 16.2 Å². The Balaban J connectivity index is 1.52. The first-order chi connectivity index (χ1) is 16.5. The van der Waals surface area contributed by atoms with Crippen LogP contribution in [0.3, 0.4) is 0 Å². The van der Waals surface area contributed by atoms with Gasteiger partial charge in [-0.25, -0.2) is 4.39 Å². The minimum atomic E-state index is -0.535. The number of para-hydroxylation sites is 1. The highest BCUT2D eigenvalue weighted by Gasteiger charge is 2.15. The predicted octanol–water partition coefficient (Wildman–Crippen LogP) is 4.85. The van der Waals surface area contributed by atoms with Gasteiger partial charge in [0.2, 0.25) is 0 Å². The van der Waals surface area contributed by atoms with Crippen molar-refractivity contribution in [3.8, 4) is 16.8 Å². The third kappa shape index (κ3) is 4.97. The summed E-state index contributed by atoms with van der Waals surface area (Å²) in [6.45, 7) is 2.67. The van der Waals surface area contributed by atoms with E-state index in [0.29, 0.717) is 0 Å². The van der Waals surface area contributed by atoms with Crippen LogP contribution in [0, 0.1) is 5.82 Å². The molecule has 0 spiro atoms. The van der Waals surface area contributed by atoms with Gasteiger partial charge >= 0.3 is 0 Å². The number of rotatable bonds is 7. The first-order valence-corrected chi connectivity index (χ1v) is 11.1. The van der Waals surface area contributed by atoms with Gasteiger partial charge in [-0.2, -0.15) is 0 Å². The molecule has 1 heterocycles. The summed E-state index contributed by atoms with van der Waals surface area (Å²) in [5.74, 6) is -0.882. The van der Waals surface area contributed by atoms with Crippen molar-refractivity contribution >= 4 is 5.91 Å². The Kier molecular flexibility index (Phi) is 6.99. The molecular formula is C28H26FN3O2. The maximum absolute atomic E-state index is 14.2. The Morgan fingerprint density at radius 1 is 0.941 bits per heavy atom. The van der Waals surface area contributed by atoms with Gasteiger partial charge in [-0.15, -0.1) is 0 Å². The van der Waals surface area contributed by atoms with E-state index in [1.807, 2.05) is 50.4 Å². The normalized spacial score (nSPS) is 11.7. The van der Waals surface area contributed by atoms with Crippen LogP contribution in [-0.2, 0) is 6.54 Å². The summed E-state index contributed by atoms with van der Waals surface area (Å²) in [5, 5.41) is 6.15. The first kappa shape index (κ1) is 23.1. The van der Waals surface area contributed by atoms with E-state index in [0.717, 1.165) is 27.8 Å². The number of aromatic nitrogens is 1. The SMILES string of the molecule is CNCc1ccccc1-c1ccc([C@@H](C)NC(=O)c2ccc(=O)n(-c3ccccc3F)c2)cc1. The zero-order valence-corrected chi connectivity index (χ0v) is 19.1. The molecule has 0 saturated carbocycles. The van der Waals surface area contributed by atoms with E-state index in [2.05, 4.69) is 22.8 Å². The van der Waals surface area contributed by atoms with Crippen LogP contribution in [0.4, 0.5) is 4.39 Å². The van der Waals surface area contributed by atoms with Crippen LogP contribution in [0.25, 0.3) is 16.8 Å². The standard InChI is InChI=1S/C28H26FN3O2/c1-19(20-11-13-21(14-12-20)24-8-4-3-7-22(24)17-30-2)31-28(34)23-15-16-27(33)32(18-23)26-10-6-5-9-25(26)29/h3-16,18-19,30H,17H2,1-2H3,(H,31,34)/t19-/m1/s1. The van der Waals surface area contributed by atoms with Gasteiger partial charge in [-0.1, -0.05) is 60.7 Å². The molecule has 0 fully saturated rings.